The van der Waals surface area contributed by atoms with Crippen molar-refractivity contribution in [3.63, 3.8) is 0 Å². The summed E-state index contributed by atoms with van der Waals surface area (Å²) in [7, 11) is 1.46. The summed E-state index contributed by atoms with van der Waals surface area (Å²) in [6.45, 7) is 6.14. The Morgan fingerprint density at radius 2 is 1.58 bits per heavy atom. The number of anilines is 1. The van der Waals surface area contributed by atoms with Crippen LogP contribution in [0.4, 0.5) is 5.69 Å². The van der Waals surface area contributed by atoms with Gasteiger partial charge in [-0.25, -0.2) is 4.79 Å². The fraction of sp³-hybridized carbons (Fsp3) is 0.316. The van der Waals surface area contributed by atoms with Crippen molar-refractivity contribution in [2.24, 2.45) is 0 Å². The molecule has 0 fully saturated rings. The first-order valence-corrected chi connectivity index (χ1v) is 16.9. The van der Waals surface area contributed by atoms with E-state index in [0.717, 1.165) is 17.7 Å². The molecule has 1 unspecified atom stereocenters. The molecule has 3 aromatic carbocycles. The van der Waals surface area contributed by atoms with Gasteiger partial charge in [-0.1, -0.05) is 44.7 Å². The minimum absolute atomic E-state index is 0.180. The summed E-state index contributed by atoms with van der Waals surface area (Å²) in [4.78, 5) is 52.8. The summed E-state index contributed by atoms with van der Waals surface area (Å²) in [6, 6.07) is 21.1. The number of amides is 2. The van der Waals surface area contributed by atoms with E-state index in [1.165, 1.54) is 44.6 Å². The highest BCUT2D eigenvalue weighted by atomic mass is 32.1. The Labute approximate surface area is 285 Å². The second-order valence-corrected chi connectivity index (χ2v) is 12.7. The lowest BCUT2D eigenvalue weighted by atomic mass is 10.0. The number of rotatable bonds is 17. The average molecular weight is 671 g/mol. The van der Waals surface area contributed by atoms with Crippen molar-refractivity contribution < 1.29 is 33.4 Å². The molecule has 0 saturated heterocycles. The van der Waals surface area contributed by atoms with Crippen molar-refractivity contribution in [2.75, 3.05) is 19.0 Å². The number of carbonyl (C=O) groups excluding carboxylic acids is 4. The lowest BCUT2D eigenvalue weighted by Gasteiger charge is -2.18. The highest BCUT2D eigenvalue weighted by molar-refractivity contribution is 7.14. The molecule has 1 aromatic heterocycles. The molecule has 4 aromatic rings. The Bertz CT molecular complexity index is 1710. The van der Waals surface area contributed by atoms with Gasteiger partial charge in [-0.15, -0.1) is 11.3 Å². The van der Waals surface area contributed by atoms with Crippen LogP contribution >= 0.6 is 11.3 Å². The maximum absolute atomic E-state index is 13.2. The number of unbranched alkanes of at least 4 members (excludes halogenated alkanes) is 4. The van der Waals surface area contributed by atoms with E-state index in [0.29, 0.717) is 45.4 Å². The summed E-state index contributed by atoms with van der Waals surface area (Å²) in [6.07, 6.45) is 5.95. The van der Waals surface area contributed by atoms with Crippen LogP contribution in [0.2, 0.25) is 0 Å². The van der Waals surface area contributed by atoms with Gasteiger partial charge >= 0.3 is 5.97 Å². The number of Topliss-reactive ketones (excluding diaryl/α,β-unsaturated/α-hetero) is 1. The van der Waals surface area contributed by atoms with Crippen LogP contribution in [0.25, 0.3) is 0 Å². The molecule has 2 N–H and O–H groups in total. The lowest BCUT2D eigenvalue weighted by molar-refractivity contribution is -0.118. The van der Waals surface area contributed by atoms with Crippen LogP contribution in [-0.4, -0.2) is 43.3 Å². The topological polar surface area (TPSA) is 120 Å². The molecule has 48 heavy (non-hydrogen) atoms. The van der Waals surface area contributed by atoms with Crippen molar-refractivity contribution >= 4 is 40.6 Å². The predicted octanol–water partition coefficient (Wildman–Crippen LogP) is 7.82. The number of aryl methyl sites for hydroxylation is 1. The van der Waals surface area contributed by atoms with Crippen molar-refractivity contribution in [3.8, 4) is 17.2 Å². The summed E-state index contributed by atoms with van der Waals surface area (Å²) in [5.74, 6) is -0.287. The fourth-order valence-electron chi connectivity index (χ4n) is 4.93. The molecular formula is C38H42N2O7S. The monoisotopic (exact) mass is 670 g/mol. The molecule has 252 valence electrons. The molecule has 10 heteroatoms. The zero-order valence-corrected chi connectivity index (χ0v) is 28.6. The number of carbonyl (C=O) groups is 4. The highest BCUT2D eigenvalue weighted by Gasteiger charge is 2.21. The number of nitrogens with one attached hydrogen (secondary N) is 2. The molecule has 0 radical (unpaired) electrons. The first-order valence-electron chi connectivity index (χ1n) is 16.1. The van der Waals surface area contributed by atoms with E-state index in [2.05, 4.69) is 17.6 Å². The van der Waals surface area contributed by atoms with Crippen molar-refractivity contribution in [1.29, 1.82) is 0 Å². The molecule has 0 saturated carbocycles. The normalized spacial score (nSPS) is 11.3. The van der Waals surface area contributed by atoms with Crippen LogP contribution in [0.3, 0.4) is 0 Å². The van der Waals surface area contributed by atoms with Gasteiger partial charge in [0.1, 0.15) is 5.75 Å². The smallest absolute Gasteiger partial charge is 0.343 e. The quantitative estimate of drug-likeness (QED) is 0.0668. The largest absolute Gasteiger partial charge is 0.494 e. The zero-order chi connectivity index (χ0) is 34.5. The number of ketones is 1. The van der Waals surface area contributed by atoms with E-state index in [1.54, 1.807) is 72.8 Å². The molecule has 0 aliphatic carbocycles. The molecule has 0 bridgehead atoms. The van der Waals surface area contributed by atoms with Gasteiger partial charge in [0.15, 0.2) is 17.3 Å². The summed E-state index contributed by atoms with van der Waals surface area (Å²) >= 11 is 1.38. The van der Waals surface area contributed by atoms with E-state index in [9.17, 15) is 19.2 Å². The number of methoxy groups -OCH3 is 1. The van der Waals surface area contributed by atoms with Gasteiger partial charge in [-0.05, 0) is 99.0 Å². The van der Waals surface area contributed by atoms with E-state index in [-0.39, 0.29) is 23.9 Å². The lowest BCUT2D eigenvalue weighted by Crippen LogP contribution is -2.41. The van der Waals surface area contributed by atoms with Gasteiger partial charge in [-0.3, -0.25) is 14.4 Å². The Hall–Kier alpha value is -4.96. The molecule has 0 aliphatic rings. The number of ether oxygens (including phenoxy) is 3. The number of benzene rings is 3. The van der Waals surface area contributed by atoms with Gasteiger partial charge in [-0.2, -0.15) is 0 Å². The van der Waals surface area contributed by atoms with Crippen LogP contribution in [0.5, 0.6) is 17.2 Å². The molecule has 9 nitrogen and oxygen atoms in total. The molecule has 0 aliphatic heterocycles. The fourth-order valence-corrected chi connectivity index (χ4v) is 5.69. The molecule has 0 spiro atoms. The summed E-state index contributed by atoms with van der Waals surface area (Å²) in [5, 5.41) is 5.61. The van der Waals surface area contributed by atoms with Gasteiger partial charge in [0.25, 0.3) is 11.8 Å². The molecular weight excluding hydrogens is 628 g/mol. The van der Waals surface area contributed by atoms with E-state index >= 15 is 0 Å². The number of hydrogen-bond donors (Lipinski definition) is 2. The third-order valence-electron chi connectivity index (χ3n) is 7.62. The van der Waals surface area contributed by atoms with Crippen molar-refractivity contribution in [3.05, 3.63) is 105 Å². The minimum atomic E-state index is -0.833. The van der Waals surface area contributed by atoms with Gasteiger partial charge in [0.05, 0.1) is 30.2 Å². The van der Waals surface area contributed by atoms with Gasteiger partial charge < -0.3 is 24.8 Å². The van der Waals surface area contributed by atoms with Gasteiger partial charge in [0, 0.05) is 16.1 Å². The number of hydrogen-bond acceptors (Lipinski definition) is 8. The summed E-state index contributed by atoms with van der Waals surface area (Å²) in [5.41, 5.74) is 1.81. The Morgan fingerprint density at radius 3 is 2.27 bits per heavy atom. The molecule has 1 heterocycles. The van der Waals surface area contributed by atoms with Crippen LogP contribution < -0.4 is 24.8 Å². The zero-order valence-electron chi connectivity index (χ0n) is 27.8. The van der Waals surface area contributed by atoms with Crippen molar-refractivity contribution in [2.45, 2.75) is 65.3 Å². The van der Waals surface area contributed by atoms with Crippen LogP contribution in [0.1, 0.15) is 86.8 Å². The maximum atomic E-state index is 13.2. The highest BCUT2D eigenvalue weighted by Crippen LogP contribution is 2.30. The van der Waals surface area contributed by atoms with E-state index in [1.807, 2.05) is 13.0 Å². The number of esters is 1. The molecule has 2 amide bonds. The minimum Gasteiger partial charge on any atom is -0.494 e. The Balaban J connectivity index is 1.34. The first kappa shape index (κ1) is 35.9. The third-order valence-corrected chi connectivity index (χ3v) is 8.62. The second kappa shape index (κ2) is 17.8. The third kappa shape index (κ3) is 10.5. The van der Waals surface area contributed by atoms with Crippen LogP contribution in [0.15, 0.2) is 78.9 Å². The SMILES string of the molecule is CCCCCCCOc1ccc(C(=O)Oc2ccc(CC(NC(=O)c3cccc(NC(=O)c4ccc(C)s4)c3)C(C)=O)cc2OC)cc1. The van der Waals surface area contributed by atoms with Crippen LogP contribution in [-0.2, 0) is 11.2 Å². The Morgan fingerprint density at radius 1 is 0.812 bits per heavy atom. The Kier molecular flexibility index (Phi) is 13.3. The standard InChI is InChI=1S/C38H42N2O7S/c1-5-6-7-8-9-21-46-31-17-15-28(16-18-31)38(44)47-33-19-14-27(23-34(33)45-4)22-32(26(3)41)40-36(42)29-11-10-12-30(24-29)39-37(43)35-20-13-25(2)48-35/h10-20,23-24,32H,5-9,21-22H2,1-4H3,(H,39,43)(H,40,42). The molecule has 4 rings (SSSR count). The number of thiophene rings is 1. The van der Waals surface area contributed by atoms with E-state index in [4.69, 9.17) is 14.2 Å². The van der Waals surface area contributed by atoms with Crippen molar-refractivity contribution in [1.82, 2.24) is 5.32 Å². The van der Waals surface area contributed by atoms with Gasteiger partial charge in [0.2, 0.25) is 0 Å². The second-order valence-electron chi connectivity index (χ2n) is 11.4. The molecule has 1 atom stereocenters. The van der Waals surface area contributed by atoms with E-state index < -0.39 is 17.9 Å². The average Bonchev–Trinajstić information content (AvgIpc) is 3.53. The first-order chi connectivity index (χ1) is 23.2. The maximum Gasteiger partial charge on any atom is 0.343 e. The summed E-state index contributed by atoms with van der Waals surface area (Å²) < 4.78 is 16.9. The predicted molar refractivity (Wildman–Crippen MR) is 188 cm³/mol. The van der Waals surface area contributed by atoms with Crippen LogP contribution in [0, 0.1) is 6.92 Å².